The van der Waals surface area contributed by atoms with Gasteiger partial charge in [-0.3, -0.25) is 0 Å². The molecule has 0 aromatic carbocycles. The Bertz CT molecular complexity index is 221. The minimum Gasteiger partial charge on any atom is -0.456 e. The number of rotatable bonds is 0. The molecular formula is C8H10O3. The summed E-state index contributed by atoms with van der Waals surface area (Å²) in [6.45, 7) is 0. The lowest BCUT2D eigenvalue weighted by atomic mass is 9.98. The molecule has 0 amide bonds. The maximum atomic E-state index is 10.7. The minimum atomic E-state index is -0.853. The summed E-state index contributed by atoms with van der Waals surface area (Å²) in [6, 6.07) is 0. The van der Waals surface area contributed by atoms with Crippen LogP contribution in [0.2, 0.25) is 0 Å². The molecule has 1 N–H and O–H groups in total. The molecule has 0 saturated heterocycles. The first-order valence-electron chi connectivity index (χ1n) is 3.83. The van der Waals surface area contributed by atoms with Gasteiger partial charge >= 0.3 is 5.97 Å². The molecular weight excluding hydrogens is 144 g/mol. The second-order valence-electron chi connectivity index (χ2n) is 3.14. The van der Waals surface area contributed by atoms with Gasteiger partial charge in [0.15, 0.2) is 0 Å². The Morgan fingerprint density at radius 1 is 1.73 bits per heavy atom. The van der Waals surface area contributed by atoms with E-state index in [0.29, 0.717) is 6.42 Å². The van der Waals surface area contributed by atoms with Crippen LogP contribution in [0.4, 0.5) is 0 Å². The van der Waals surface area contributed by atoms with Crippen LogP contribution in [0, 0.1) is 0 Å². The number of hydrogen-bond donors (Lipinski definition) is 1. The van der Waals surface area contributed by atoms with Crippen LogP contribution in [0.1, 0.15) is 19.3 Å². The molecule has 0 spiro atoms. The number of esters is 1. The van der Waals surface area contributed by atoms with E-state index in [1.54, 1.807) is 6.08 Å². The van der Waals surface area contributed by atoms with Crippen molar-refractivity contribution in [3.63, 3.8) is 0 Å². The number of ether oxygens (including phenoxy) is 1. The van der Waals surface area contributed by atoms with Crippen molar-refractivity contribution < 1.29 is 14.6 Å². The van der Waals surface area contributed by atoms with E-state index in [4.69, 9.17) is 4.74 Å². The van der Waals surface area contributed by atoms with Gasteiger partial charge in [0, 0.05) is 6.08 Å². The summed E-state index contributed by atoms with van der Waals surface area (Å²) in [6.07, 6.45) is 5.01. The Kier molecular flexibility index (Phi) is 1.29. The van der Waals surface area contributed by atoms with Crippen LogP contribution in [0.25, 0.3) is 0 Å². The van der Waals surface area contributed by atoms with Crippen LogP contribution in [0.3, 0.4) is 0 Å². The molecule has 1 aliphatic carbocycles. The molecule has 1 heterocycles. The fraction of sp³-hybridized carbons (Fsp3) is 0.625. The van der Waals surface area contributed by atoms with Crippen molar-refractivity contribution in [3.8, 4) is 0 Å². The van der Waals surface area contributed by atoms with Crippen molar-refractivity contribution in [3.05, 3.63) is 12.2 Å². The van der Waals surface area contributed by atoms with E-state index in [1.165, 1.54) is 6.08 Å². The van der Waals surface area contributed by atoms with Gasteiger partial charge in [-0.15, -0.1) is 0 Å². The molecule has 2 atom stereocenters. The number of hydrogen-bond acceptors (Lipinski definition) is 3. The standard InChI is InChI=1S/C8H10O3/c9-7-3-5-8(10)4-1-2-6(8)11-7/h3,5-6,10H,1-2,4H2/t6-,8+/m1/s1. The highest BCUT2D eigenvalue weighted by molar-refractivity contribution is 5.83. The molecule has 60 valence electrons. The van der Waals surface area contributed by atoms with Crippen molar-refractivity contribution >= 4 is 5.97 Å². The van der Waals surface area contributed by atoms with Crippen LogP contribution in [0.15, 0.2) is 12.2 Å². The number of aliphatic hydroxyl groups is 1. The van der Waals surface area contributed by atoms with Crippen molar-refractivity contribution in [2.45, 2.75) is 31.0 Å². The fourth-order valence-corrected chi connectivity index (χ4v) is 1.73. The predicted molar refractivity (Wildman–Crippen MR) is 37.8 cm³/mol. The number of carbonyl (C=O) groups excluding carboxylic acids is 1. The Hall–Kier alpha value is -0.830. The van der Waals surface area contributed by atoms with Gasteiger partial charge in [-0.05, 0) is 25.3 Å². The van der Waals surface area contributed by atoms with Gasteiger partial charge in [-0.1, -0.05) is 0 Å². The first kappa shape index (κ1) is 6.85. The molecule has 2 aliphatic rings. The van der Waals surface area contributed by atoms with Gasteiger partial charge in [0.05, 0.1) is 0 Å². The first-order chi connectivity index (χ1) is 5.21. The summed E-state index contributed by atoms with van der Waals surface area (Å²) in [7, 11) is 0. The van der Waals surface area contributed by atoms with E-state index < -0.39 is 5.60 Å². The van der Waals surface area contributed by atoms with Gasteiger partial charge in [0.2, 0.25) is 0 Å². The van der Waals surface area contributed by atoms with Gasteiger partial charge in [0.1, 0.15) is 11.7 Å². The molecule has 1 saturated carbocycles. The molecule has 0 aromatic rings. The zero-order valence-corrected chi connectivity index (χ0v) is 6.12. The van der Waals surface area contributed by atoms with E-state index in [1.807, 2.05) is 0 Å². The molecule has 3 heteroatoms. The summed E-state index contributed by atoms with van der Waals surface area (Å²) in [5.74, 6) is -0.332. The molecule has 1 aliphatic heterocycles. The van der Waals surface area contributed by atoms with E-state index >= 15 is 0 Å². The average molecular weight is 154 g/mol. The highest BCUT2D eigenvalue weighted by Crippen LogP contribution is 2.35. The maximum Gasteiger partial charge on any atom is 0.330 e. The largest absolute Gasteiger partial charge is 0.456 e. The highest BCUT2D eigenvalue weighted by atomic mass is 16.6. The van der Waals surface area contributed by atoms with Crippen molar-refractivity contribution in [2.24, 2.45) is 0 Å². The number of fused-ring (bicyclic) bond motifs is 1. The lowest BCUT2D eigenvalue weighted by molar-refractivity contribution is -0.154. The zero-order chi connectivity index (χ0) is 7.90. The Balaban J connectivity index is 2.28. The van der Waals surface area contributed by atoms with Crippen LogP contribution >= 0.6 is 0 Å². The van der Waals surface area contributed by atoms with E-state index in [0.717, 1.165) is 12.8 Å². The Labute approximate surface area is 64.7 Å². The summed E-state index contributed by atoms with van der Waals surface area (Å²) in [5, 5.41) is 9.76. The molecule has 0 radical (unpaired) electrons. The molecule has 3 nitrogen and oxygen atoms in total. The third-order valence-electron chi connectivity index (χ3n) is 2.37. The van der Waals surface area contributed by atoms with Crippen molar-refractivity contribution in [1.29, 1.82) is 0 Å². The maximum absolute atomic E-state index is 10.7. The summed E-state index contributed by atoms with van der Waals surface area (Å²) >= 11 is 0. The van der Waals surface area contributed by atoms with Crippen LogP contribution in [0.5, 0.6) is 0 Å². The van der Waals surface area contributed by atoms with Gasteiger partial charge < -0.3 is 9.84 Å². The second kappa shape index (κ2) is 2.08. The quantitative estimate of drug-likeness (QED) is 0.513. The van der Waals surface area contributed by atoms with Gasteiger partial charge in [0.25, 0.3) is 0 Å². The minimum absolute atomic E-state index is 0.292. The van der Waals surface area contributed by atoms with Crippen LogP contribution in [-0.2, 0) is 9.53 Å². The smallest absolute Gasteiger partial charge is 0.330 e. The van der Waals surface area contributed by atoms with Crippen molar-refractivity contribution in [1.82, 2.24) is 0 Å². The van der Waals surface area contributed by atoms with Crippen molar-refractivity contribution in [2.75, 3.05) is 0 Å². The predicted octanol–water partition coefficient (Wildman–Crippen LogP) is 0.383. The lowest BCUT2D eigenvalue weighted by Gasteiger charge is -2.29. The Morgan fingerprint density at radius 2 is 2.55 bits per heavy atom. The summed E-state index contributed by atoms with van der Waals surface area (Å²) < 4.78 is 4.94. The summed E-state index contributed by atoms with van der Waals surface area (Å²) in [5.41, 5.74) is -0.853. The lowest BCUT2D eigenvalue weighted by Crippen LogP contribution is -2.41. The van der Waals surface area contributed by atoms with Crippen LogP contribution < -0.4 is 0 Å². The zero-order valence-electron chi connectivity index (χ0n) is 6.12. The molecule has 2 rings (SSSR count). The normalized spacial score (nSPS) is 41.9. The molecule has 11 heavy (non-hydrogen) atoms. The van der Waals surface area contributed by atoms with Gasteiger partial charge in [-0.2, -0.15) is 0 Å². The topological polar surface area (TPSA) is 46.5 Å². The molecule has 1 fully saturated rings. The first-order valence-corrected chi connectivity index (χ1v) is 3.83. The molecule has 0 bridgehead atoms. The van der Waals surface area contributed by atoms with E-state index in [-0.39, 0.29) is 12.1 Å². The van der Waals surface area contributed by atoms with Crippen LogP contribution in [-0.4, -0.2) is 22.8 Å². The molecule has 0 unspecified atom stereocenters. The van der Waals surface area contributed by atoms with E-state index in [9.17, 15) is 9.90 Å². The summed E-state index contributed by atoms with van der Waals surface area (Å²) in [4.78, 5) is 10.7. The SMILES string of the molecule is O=C1C=C[C@@]2(O)CCC[C@H]2O1. The molecule has 0 aromatic heterocycles. The number of carbonyl (C=O) groups is 1. The third kappa shape index (κ3) is 0.959. The third-order valence-corrected chi connectivity index (χ3v) is 2.37. The highest BCUT2D eigenvalue weighted by Gasteiger charge is 2.43. The van der Waals surface area contributed by atoms with E-state index in [2.05, 4.69) is 0 Å². The Morgan fingerprint density at radius 3 is 3.36 bits per heavy atom. The monoisotopic (exact) mass is 154 g/mol. The fourth-order valence-electron chi connectivity index (χ4n) is 1.73. The average Bonchev–Trinajstić information content (AvgIpc) is 2.31. The second-order valence-corrected chi connectivity index (χ2v) is 3.14. The van der Waals surface area contributed by atoms with Gasteiger partial charge in [-0.25, -0.2) is 4.79 Å².